The fourth-order valence-corrected chi connectivity index (χ4v) is 2.15. The first kappa shape index (κ1) is 20.3. The van der Waals surface area contributed by atoms with E-state index < -0.39 is 34.4 Å². The summed E-state index contributed by atoms with van der Waals surface area (Å²) >= 11 is 5.79. The van der Waals surface area contributed by atoms with Crippen LogP contribution in [0.2, 0.25) is 5.02 Å². The Kier molecular flexibility index (Phi) is 5.79. The molecular formula is C16H11ClF3NO6. The Labute approximate surface area is 155 Å². The number of nitro groups is 1. The van der Waals surface area contributed by atoms with Gasteiger partial charge in [-0.15, -0.1) is 0 Å². The van der Waals surface area contributed by atoms with Gasteiger partial charge in [-0.05, 0) is 31.2 Å². The van der Waals surface area contributed by atoms with Crippen molar-refractivity contribution in [1.82, 2.24) is 0 Å². The van der Waals surface area contributed by atoms with Gasteiger partial charge in [0.15, 0.2) is 6.10 Å². The van der Waals surface area contributed by atoms with Crippen LogP contribution in [-0.4, -0.2) is 22.1 Å². The molecule has 144 valence electrons. The summed E-state index contributed by atoms with van der Waals surface area (Å²) < 4.78 is 48.4. The van der Waals surface area contributed by atoms with Crippen molar-refractivity contribution >= 4 is 23.3 Å². The second-order valence-corrected chi connectivity index (χ2v) is 5.64. The minimum Gasteiger partial charge on any atom is -0.479 e. The van der Waals surface area contributed by atoms with E-state index in [1.807, 2.05) is 0 Å². The van der Waals surface area contributed by atoms with Crippen molar-refractivity contribution in [3.05, 3.63) is 57.1 Å². The number of halogens is 4. The SMILES string of the molecule is CC(Oc1cc(Oc2ccc(C(F)(F)F)cc2Cl)ccc1[N+](=O)[O-])C(=O)O. The van der Waals surface area contributed by atoms with E-state index in [9.17, 15) is 28.1 Å². The number of rotatable bonds is 6. The van der Waals surface area contributed by atoms with E-state index in [4.69, 9.17) is 26.2 Å². The summed E-state index contributed by atoms with van der Waals surface area (Å²) in [5.41, 5.74) is -1.48. The summed E-state index contributed by atoms with van der Waals surface area (Å²) in [5.74, 6) is -1.90. The summed E-state index contributed by atoms with van der Waals surface area (Å²) in [5, 5.41) is 19.6. The molecule has 0 aliphatic carbocycles. The van der Waals surface area contributed by atoms with Gasteiger partial charge < -0.3 is 14.6 Å². The molecule has 0 heterocycles. The number of carboxylic acids is 1. The van der Waals surface area contributed by atoms with E-state index in [1.165, 1.54) is 13.0 Å². The Hall–Kier alpha value is -3.01. The van der Waals surface area contributed by atoms with Crippen LogP contribution in [-0.2, 0) is 11.0 Å². The summed E-state index contributed by atoms with van der Waals surface area (Å²) in [7, 11) is 0. The van der Waals surface area contributed by atoms with E-state index >= 15 is 0 Å². The van der Waals surface area contributed by atoms with Crippen molar-refractivity contribution in [2.45, 2.75) is 19.2 Å². The molecule has 0 aromatic heterocycles. The molecule has 1 N–H and O–H groups in total. The standard InChI is InChI=1S/C16H11ClF3NO6/c1-8(15(22)23)26-14-7-10(3-4-12(14)21(24)25)27-13-5-2-9(6-11(13)17)16(18,19)20/h2-8H,1H3,(H,22,23). The van der Waals surface area contributed by atoms with Crippen LogP contribution in [0.25, 0.3) is 0 Å². The number of carbonyl (C=O) groups is 1. The first-order valence-corrected chi connectivity index (χ1v) is 7.59. The lowest BCUT2D eigenvalue weighted by Crippen LogP contribution is -2.23. The van der Waals surface area contributed by atoms with Crippen LogP contribution in [0.5, 0.6) is 17.2 Å². The summed E-state index contributed by atoms with van der Waals surface area (Å²) in [6.07, 6.45) is -5.96. The molecule has 0 saturated heterocycles. The lowest BCUT2D eigenvalue weighted by molar-refractivity contribution is -0.386. The van der Waals surface area contributed by atoms with Crippen molar-refractivity contribution < 1.29 is 37.5 Å². The Bertz CT molecular complexity index is 887. The minimum atomic E-state index is -4.58. The molecule has 2 rings (SSSR count). The Morgan fingerprint density at radius 3 is 2.41 bits per heavy atom. The number of nitrogens with zero attached hydrogens (tertiary/aromatic N) is 1. The van der Waals surface area contributed by atoms with E-state index in [-0.39, 0.29) is 22.3 Å². The fourth-order valence-electron chi connectivity index (χ4n) is 1.93. The lowest BCUT2D eigenvalue weighted by Gasteiger charge is -2.13. The highest BCUT2D eigenvalue weighted by Gasteiger charge is 2.31. The molecule has 0 spiro atoms. The maximum Gasteiger partial charge on any atom is 0.416 e. The van der Waals surface area contributed by atoms with Crippen molar-refractivity contribution in [1.29, 1.82) is 0 Å². The maximum absolute atomic E-state index is 12.7. The first-order valence-electron chi connectivity index (χ1n) is 7.21. The van der Waals surface area contributed by atoms with Gasteiger partial charge in [0.1, 0.15) is 11.5 Å². The molecular weight excluding hydrogens is 395 g/mol. The van der Waals surface area contributed by atoms with Crippen LogP contribution >= 0.6 is 11.6 Å². The lowest BCUT2D eigenvalue weighted by atomic mass is 10.2. The van der Waals surface area contributed by atoms with Crippen molar-refractivity contribution in [2.24, 2.45) is 0 Å². The third-order valence-corrected chi connectivity index (χ3v) is 3.56. The van der Waals surface area contributed by atoms with Gasteiger partial charge in [0, 0.05) is 12.1 Å². The van der Waals surface area contributed by atoms with Crippen LogP contribution < -0.4 is 9.47 Å². The Morgan fingerprint density at radius 2 is 1.89 bits per heavy atom. The number of aliphatic carboxylic acids is 1. The topological polar surface area (TPSA) is 98.9 Å². The zero-order valence-electron chi connectivity index (χ0n) is 13.5. The molecule has 27 heavy (non-hydrogen) atoms. The molecule has 0 saturated carbocycles. The Morgan fingerprint density at radius 1 is 1.22 bits per heavy atom. The summed E-state index contributed by atoms with van der Waals surface area (Å²) in [6.45, 7) is 1.17. The molecule has 0 radical (unpaired) electrons. The number of alkyl halides is 3. The first-order chi connectivity index (χ1) is 12.5. The third-order valence-electron chi connectivity index (χ3n) is 3.27. The van der Waals surface area contributed by atoms with Crippen molar-refractivity contribution in [2.75, 3.05) is 0 Å². The van der Waals surface area contributed by atoms with Crippen LogP contribution in [0, 0.1) is 10.1 Å². The molecule has 2 aromatic rings. The second kappa shape index (κ2) is 7.70. The number of hydrogen-bond donors (Lipinski definition) is 1. The predicted octanol–water partition coefficient (Wildman–Crippen LogP) is 4.91. The van der Waals surface area contributed by atoms with E-state index in [0.29, 0.717) is 6.07 Å². The summed E-state index contributed by atoms with van der Waals surface area (Å²) in [4.78, 5) is 21.1. The van der Waals surface area contributed by atoms with Crippen molar-refractivity contribution in [3.63, 3.8) is 0 Å². The fraction of sp³-hybridized carbons (Fsp3) is 0.188. The van der Waals surface area contributed by atoms with Gasteiger partial charge >= 0.3 is 17.8 Å². The van der Waals surface area contributed by atoms with Gasteiger partial charge in [-0.3, -0.25) is 10.1 Å². The van der Waals surface area contributed by atoms with E-state index in [1.54, 1.807) is 0 Å². The van der Waals surface area contributed by atoms with Crippen LogP contribution in [0.15, 0.2) is 36.4 Å². The number of hydrogen-bond acceptors (Lipinski definition) is 5. The number of nitro benzene ring substituents is 1. The maximum atomic E-state index is 12.7. The largest absolute Gasteiger partial charge is 0.479 e. The smallest absolute Gasteiger partial charge is 0.416 e. The molecule has 1 unspecified atom stereocenters. The average Bonchev–Trinajstić information content (AvgIpc) is 2.55. The van der Waals surface area contributed by atoms with Gasteiger partial charge in [-0.25, -0.2) is 4.79 Å². The van der Waals surface area contributed by atoms with E-state index in [2.05, 4.69) is 0 Å². The van der Waals surface area contributed by atoms with Gasteiger partial charge in [0.05, 0.1) is 15.5 Å². The average molecular weight is 406 g/mol. The highest BCUT2D eigenvalue weighted by Crippen LogP contribution is 2.38. The number of carboxylic acid groups (broad SMARTS) is 1. The molecule has 7 nitrogen and oxygen atoms in total. The molecule has 0 fully saturated rings. The number of ether oxygens (including phenoxy) is 2. The van der Waals surface area contributed by atoms with Crippen LogP contribution in [0.3, 0.4) is 0 Å². The highest BCUT2D eigenvalue weighted by molar-refractivity contribution is 6.32. The van der Waals surface area contributed by atoms with Gasteiger partial charge in [-0.1, -0.05) is 11.6 Å². The molecule has 11 heteroatoms. The normalized spacial score (nSPS) is 12.3. The van der Waals surface area contributed by atoms with Crippen molar-refractivity contribution in [3.8, 4) is 17.2 Å². The predicted molar refractivity (Wildman–Crippen MR) is 87.4 cm³/mol. The quantitative estimate of drug-likeness (QED) is 0.541. The van der Waals surface area contributed by atoms with Crippen LogP contribution in [0.4, 0.5) is 18.9 Å². The molecule has 0 amide bonds. The van der Waals surface area contributed by atoms with Gasteiger partial charge in [-0.2, -0.15) is 13.2 Å². The van der Waals surface area contributed by atoms with Crippen LogP contribution in [0.1, 0.15) is 12.5 Å². The highest BCUT2D eigenvalue weighted by atomic mass is 35.5. The molecule has 2 aromatic carbocycles. The zero-order chi connectivity index (χ0) is 20.4. The minimum absolute atomic E-state index is 0.0464. The molecule has 0 bridgehead atoms. The molecule has 0 aliphatic rings. The van der Waals surface area contributed by atoms with Gasteiger partial charge in [0.2, 0.25) is 5.75 Å². The van der Waals surface area contributed by atoms with E-state index in [0.717, 1.165) is 24.3 Å². The second-order valence-electron chi connectivity index (χ2n) is 5.23. The van der Waals surface area contributed by atoms with Gasteiger partial charge in [0.25, 0.3) is 0 Å². The number of benzene rings is 2. The Balaban J connectivity index is 2.34. The molecule has 0 aliphatic heterocycles. The molecule has 1 atom stereocenters. The summed E-state index contributed by atoms with van der Waals surface area (Å²) in [6, 6.07) is 5.66. The zero-order valence-corrected chi connectivity index (χ0v) is 14.2. The third kappa shape index (κ3) is 5.00. The monoisotopic (exact) mass is 405 g/mol.